The first-order valence-corrected chi connectivity index (χ1v) is 10.1. The van der Waals surface area contributed by atoms with Gasteiger partial charge in [-0.2, -0.15) is 0 Å². The van der Waals surface area contributed by atoms with Crippen LogP contribution >= 0.6 is 0 Å². The summed E-state index contributed by atoms with van der Waals surface area (Å²) in [4.78, 5) is 15.4. The van der Waals surface area contributed by atoms with E-state index in [-0.39, 0.29) is 23.2 Å². The van der Waals surface area contributed by atoms with Crippen LogP contribution in [0.4, 0.5) is 13.2 Å². The van der Waals surface area contributed by atoms with Gasteiger partial charge in [-0.05, 0) is 60.7 Å². The van der Waals surface area contributed by atoms with Crippen molar-refractivity contribution in [1.29, 1.82) is 0 Å². The van der Waals surface area contributed by atoms with E-state index < -0.39 is 11.6 Å². The van der Waals surface area contributed by atoms with Gasteiger partial charge in [0.2, 0.25) is 5.91 Å². The van der Waals surface area contributed by atoms with E-state index in [1.165, 1.54) is 24.6 Å². The minimum atomic E-state index is -0.680. The highest BCUT2D eigenvalue weighted by atomic mass is 19.1. The van der Waals surface area contributed by atoms with Crippen LogP contribution in [0.2, 0.25) is 0 Å². The van der Waals surface area contributed by atoms with Crippen LogP contribution in [0.25, 0.3) is 22.2 Å². The minimum Gasteiger partial charge on any atom is -0.356 e. The second kappa shape index (κ2) is 8.31. The molecule has 2 aromatic carbocycles. The van der Waals surface area contributed by atoms with E-state index in [0.29, 0.717) is 35.2 Å². The van der Waals surface area contributed by atoms with Crippen LogP contribution in [-0.2, 0) is 11.2 Å². The number of nitrogens with one attached hydrogen (secondary N) is 2. The van der Waals surface area contributed by atoms with Crippen molar-refractivity contribution in [3.8, 4) is 11.3 Å². The molecule has 0 aliphatic heterocycles. The Balaban J connectivity index is 1.61. The van der Waals surface area contributed by atoms with E-state index in [1.807, 2.05) is 0 Å². The number of aromatic nitrogens is 1. The van der Waals surface area contributed by atoms with Crippen LogP contribution in [0.15, 0.2) is 36.4 Å². The average molecular weight is 400 g/mol. The molecular weight excluding hydrogens is 377 g/mol. The molecule has 3 aromatic rings. The third-order valence-corrected chi connectivity index (χ3v) is 5.71. The molecule has 1 heterocycles. The van der Waals surface area contributed by atoms with E-state index in [1.54, 1.807) is 12.1 Å². The number of amides is 1. The normalized spacial score (nSPS) is 15.0. The number of aromatic amines is 1. The highest BCUT2D eigenvalue weighted by Crippen LogP contribution is 2.33. The van der Waals surface area contributed by atoms with Crippen molar-refractivity contribution in [3.05, 3.63) is 59.4 Å². The Hall–Kier alpha value is -2.76. The Labute approximate surface area is 167 Å². The second-order valence-corrected chi connectivity index (χ2v) is 7.67. The predicted octanol–water partition coefficient (Wildman–Crippen LogP) is 5.49. The zero-order chi connectivity index (χ0) is 20.4. The molecule has 0 spiro atoms. The maximum atomic E-state index is 14.3. The van der Waals surface area contributed by atoms with Crippen molar-refractivity contribution in [3.63, 3.8) is 0 Å². The quantitative estimate of drug-likeness (QED) is 0.584. The standard InChI is InChI=1S/C23H23F3N2O/c24-16-8-6-14(7-9-16)21-18(19-12-17(25)13-20(26)22(19)28-21)10-11-27-23(29)15-4-2-1-3-5-15/h6-9,12-13,15,28H,1-5,10-11H2,(H,27,29). The third-order valence-electron chi connectivity index (χ3n) is 5.71. The van der Waals surface area contributed by atoms with Gasteiger partial charge in [-0.3, -0.25) is 4.79 Å². The molecular formula is C23H23F3N2O. The van der Waals surface area contributed by atoms with Gasteiger partial charge < -0.3 is 10.3 Å². The third kappa shape index (κ3) is 4.16. The number of H-pyrrole nitrogens is 1. The number of hydrogen-bond acceptors (Lipinski definition) is 1. The molecule has 0 saturated heterocycles. The number of fused-ring (bicyclic) bond motifs is 1. The van der Waals surface area contributed by atoms with Gasteiger partial charge in [0.15, 0.2) is 0 Å². The molecule has 0 radical (unpaired) electrons. The van der Waals surface area contributed by atoms with Crippen molar-refractivity contribution in [1.82, 2.24) is 10.3 Å². The summed E-state index contributed by atoms with van der Waals surface area (Å²) < 4.78 is 41.5. The van der Waals surface area contributed by atoms with Crippen LogP contribution in [0.3, 0.4) is 0 Å². The van der Waals surface area contributed by atoms with E-state index in [2.05, 4.69) is 10.3 Å². The van der Waals surface area contributed by atoms with E-state index in [4.69, 9.17) is 0 Å². The zero-order valence-corrected chi connectivity index (χ0v) is 16.0. The summed E-state index contributed by atoms with van der Waals surface area (Å²) in [6.45, 7) is 0.370. The van der Waals surface area contributed by atoms with Gasteiger partial charge >= 0.3 is 0 Å². The van der Waals surface area contributed by atoms with Gasteiger partial charge in [0.25, 0.3) is 0 Å². The lowest BCUT2D eigenvalue weighted by molar-refractivity contribution is -0.125. The van der Waals surface area contributed by atoms with Gasteiger partial charge in [-0.25, -0.2) is 13.2 Å². The summed E-state index contributed by atoms with van der Waals surface area (Å²) in [5.74, 6) is -1.61. The number of carbonyl (C=O) groups is 1. The fraction of sp³-hybridized carbons (Fsp3) is 0.348. The molecule has 0 unspecified atom stereocenters. The smallest absolute Gasteiger partial charge is 0.223 e. The van der Waals surface area contributed by atoms with Crippen LogP contribution in [0, 0.1) is 23.4 Å². The summed E-state index contributed by atoms with van der Waals surface area (Å²) >= 11 is 0. The summed E-state index contributed by atoms with van der Waals surface area (Å²) in [7, 11) is 0. The largest absolute Gasteiger partial charge is 0.356 e. The maximum Gasteiger partial charge on any atom is 0.223 e. The summed E-state index contributed by atoms with van der Waals surface area (Å²) in [5, 5.41) is 3.41. The topological polar surface area (TPSA) is 44.9 Å². The Kier molecular flexibility index (Phi) is 5.60. The molecule has 1 amide bonds. The molecule has 1 aromatic heterocycles. The summed E-state index contributed by atoms with van der Waals surface area (Å²) in [6.07, 6.45) is 5.57. The lowest BCUT2D eigenvalue weighted by Crippen LogP contribution is -2.33. The minimum absolute atomic E-state index is 0.0465. The molecule has 29 heavy (non-hydrogen) atoms. The Morgan fingerprint density at radius 3 is 2.45 bits per heavy atom. The van der Waals surface area contributed by atoms with Crippen LogP contribution in [0.1, 0.15) is 37.7 Å². The van der Waals surface area contributed by atoms with Gasteiger partial charge in [-0.15, -0.1) is 0 Å². The van der Waals surface area contributed by atoms with Gasteiger partial charge in [-0.1, -0.05) is 19.3 Å². The molecule has 1 aliphatic rings. The fourth-order valence-corrected chi connectivity index (χ4v) is 4.22. The molecule has 1 saturated carbocycles. The second-order valence-electron chi connectivity index (χ2n) is 7.67. The van der Waals surface area contributed by atoms with Crippen molar-refractivity contribution < 1.29 is 18.0 Å². The van der Waals surface area contributed by atoms with E-state index >= 15 is 0 Å². The van der Waals surface area contributed by atoms with Gasteiger partial charge in [0.1, 0.15) is 17.5 Å². The Morgan fingerprint density at radius 1 is 1.00 bits per heavy atom. The number of rotatable bonds is 5. The first-order valence-electron chi connectivity index (χ1n) is 10.1. The lowest BCUT2D eigenvalue weighted by atomic mass is 9.88. The SMILES string of the molecule is O=C(NCCc1c(-c2ccc(F)cc2)[nH]c2c(F)cc(F)cc12)C1CCCCC1. The lowest BCUT2D eigenvalue weighted by Gasteiger charge is -2.20. The monoisotopic (exact) mass is 400 g/mol. The predicted molar refractivity (Wildman–Crippen MR) is 107 cm³/mol. The number of benzene rings is 2. The van der Waals surface area contributed by atoms with Gasteiger partial charge in [0, 0.05) is 29.6 Å². The molecule has 3 nitrogen and oxygen atoms in total. The van der Waals surface area contributed by atoms with Crippen molar-refractivity contribution in [2.75, 3.05) is 6.54 Å². The summed E-state index contributed by atoms with van der Waals surface area (Å²) in [5.41, 5.74) is 2.20. The Morgan fingerprint density at radius 2 is 1.72 bits per heavy atom. The van der Waals surface area contributed by atoms with Crippen molar-refractivity contribution in [2.45, 2.75) is 38.5 Å². The molecule has 4 rings (SSSR count). The molecule has 6 heteroatoms. The molecule has 0 bridgehead atoms. The number of hydrogen-bond donors (Lipinski definition) is 2. The highest BCUT2D eigenvalue weighted by molar-refractivity contribution is 5.91. The fourth-order valence-electron chi connectivity index (χ4n) is 4.22. The van der Waals surface area contributed by atoms with Gasteiger partial charge in [0.05, 0.1) is 5.52 Å². The van der Waals surface area contributed by atoms with Crippen molar-refractivity contribution in [2.24, 2.45) is 5.92 Å². The summed E-state index contributed by atoms with van der Waals surface area (Å²) in [6, 6.07) is 7.97. The highest BCUT2D eigenvalue weighted by Gasteiger charge is 2.21. The zero-order valence-electron chi connectivity index (χ0n) is 16.0. The maximum absolute atomic E-state index is 14.3. The molecule has 0 atom stereocenters. The van der Waals surface area contributed by atoms with Crippen LogP contribution < -0.4 is 5.32 Å². The number of carbonyl (C=O) groups excluding carboxylic acids is 1. The first-order chi connectivity index (χ1) is 14.0. The van der Waals surface area contributed by atoms with Crippen molar-refractivity contribution >= 4 is 16.8 Å². The molecule has 152 valence electrons. The molecule has 1 aliphatic carbocycles. The average Bonchev–Trinajstić information content (AvgIpc) is 3.08. The molecule has 2 N–H and O–H groups in total. The Bertz CT molecular complexity index is 1020. The van der Waals surface area contributed by atoms with E-state index in [9.17, 15) is 18.0 Å². The van der Waals surface area contributed by atoms with E-state index in [0.717, 1.165) is 31.7 Å². The number of halogens is 3. The molecule has 1 fully saturated rings. The first kappa shape index (κ1) is 19.6. The van der Waals surface area contributed by atoms with Crippen LogP contribution in [-0.4, -0.2) is 17.4 Å². The van der Waals surface area contributed by atoms with Crippen LogP contribution in [0.5, 0.6) is 0 Å².